The summed E-state index contributed by atoms with van der Waals surface area (Å²) < 4.78 is 5.32. The van der Waals surface area contributed by atoms with E-state index >= 15 is 0 Å². The summed E-state index contributed by atoms with van der Waals surface area (Å²) in [5.41, 5.74) is 3.45. The Morgan fingerprint density at radius 1 is 0.912 bits per heavy atom. The van der Waals surface area contributed by atoms with Crippen molar-refractivity contribution in [3.63, 3.8) is 0 Å². The molecule has 178 valence electrons. The highest BCUT2D eigenvalue weighted by Crippen LogP contribution is 2.22. The Morgan fingerprint density at radius 2 is 1.62 bits per heavy atom. The van der Waals surface area contributed by atoms with Gasteiger partial charge in [-0.1, -0.05) is 42.5 Å². The first-order valence-corrected chi connectivity index (χ1v) is 11.1. The van der Waals surface area contributed by atoms with Crippen LogP contribution in [-0.4, -0.2) is 51.6 Å². The van der Waals surface area contributed by atoms with E-state index in [-0.39, 0.29) is 24.4 Å². The Hall–Kier alpha value is -3.84. The van der Waals surface area contributed by atoms with Crippen molar-refractivity contribution < 1.29 is 14.3 Å². The van der Waals surface area contributed by atoms with Crippen molar-refractivity contribution in [2.24, 2.45) is 0 Å². The molecule has 0 aromatic heterocycles. The van der Waals surface area contributed by atoms with Crippen LogP contribution in [-0.2, 0) is 11.2 Å². The molecule has 0 saturated carbocycles. The molecule has 3 aromatic rings. The van der Waals surface area contributed by atoms with Crippen molar-refractivity contribution >= 4 is 23.3 Å². The molecule has 1 atom stereocenters. The van der Waals surface area contributed by atoms with Gasteiger partial charge in [-0.2, -0.15) is 0 Å². The zero-order valence-corrected chi connectivity index (χ0v) is 20.1. The predicted octanol–water partition coefficient (Wildman–Crippen LogP) is 4.33. The predicted molar refractivity (Wildman–Crippen MR) is 136 cm³/mol. The Bertz CT molecular complexity index is 1080. The molecule has 0 fully saturated rings. The van der Waals surface area contributed by atoms with E-state index in [1.54, 1.807) is 31.2 Å². The summed E-state index contributed by atoms with van der Waals surface area (Å²) in [6.07, 6.45) is 0.281. The number of benzene rings is 3. The van der Waals surface area contributed by atoms with Gasteiger partial charge in [0, 0.05) is 25.0 Å². The second-order valence-corrected chi connectivity index (χ2v) is 8.25. The number of nitrogens with one attached hydrogen (secondary N) is 2. The number of urea groups is 1. The van der Waals surface area contributed by atoms with Crippen molar-refractivity contribution in [2.75, 3.05) is 45.0 Å². The van der Waals surface area contributed by atoms with E-state index in [4.69, 9.17) is 4.74 Å². The van der Waals surface area contributed by atoms with E-state index in [0.29, 0.717) is 12.2 Å². The lowest BCUT2D eigenvalue weighted by atomic mass is 10.1. The van der Waals surface area contributed by atoms with Crippen LogP contribution in [0.15, 0.2) is 78.9 Å². The van der Waals surface area contributed by atoms with E-state index in [0.717, 1.165) is 22.6 Å². The van der Waals surface area contributed by atoms with Crippen molar-refractivity contribution in [2.45, 2.75) is 12.5 Å². The first-order valence-electron chi connectivity index (χ1n) is 11.1. The molecule has 3 rings (SSSR count). The quantitative estimate of drug-likeness (QED) is 0.499. The first-order chi connectivity index (χ1) is 16.4. The zero-order valence-electron chi connectivity index (χ0n) is 20.1. The zero-order chi connectivity index (χ0) is 24.5. The second-order valence-electron chi connectivity index (χ2n) is 8.25. The number of methoxy groups -OCH3 is 1. The highest BCUT2D eigenvalue weighted by atomic mass is 16.5. The molecule has 0 heterocycles. The minimum absolute atomic E-state index is 0.00285. The first kappa shape index (κ1) is 24.8. The minimum Gasteiger partial charge on any atom is -0.497 e. The third kappa shape index (κ3) is 6.83. The average Bonchev–Trinajstić information content (AvgIpc) is 2.85. The number of carbonyl (C=O) groups excluding carboxylic acids is 2. The van der Waals surface area contributed by atoms with Gasteiger partial charge in [0.1, 0.15) is 5.75 Å². The van der Waals surface area contributed by atoms with Gasteiger partial charge in [-0.25, -0.2) is 4.79 Å². The lowest BCUT2D eigenvalue weighted by Gasteiger charge is -2.25. The maximum atomic E-state index is 12.6. The number of hydrogen-bond acceptors (Lipinski definition) is 4. The van der Waals surface area contributed by atoms with Crippen molar-refractivity contribution in [3.05, 3.63) is 90.0 Å². The number of rotatable bonds is 9. The fraction of sp³-hybridized carbons (Fsp3) is 0.259. The number of likely N-dealkylation sites (N-methyl/N-ethyl adjacent to an activating group) is 2. The molecule has 0 saturated heterocycles. The molecule has 0 radical (unpaired) electrons. The molecular weight excluding hydrogens is 428 g/mol. The topological polar surface area (TPSA) is 73.9 Å². The van der Waals surface area contributed by atoms with Crippen LogP contribution >= 0.6 is 0 Å². The SMILES string of the molecule is COc1cccc(C(CNC(=O)Nc2ccc(CC(=O)N(C)c3ccccc3)cc2)N(C)C)c1. The molecule has 0 aliphatic heterocycles. The fourth-order valence-electron chi connectivity index (χ4n) is 3.61. The maximum Gasteiger partial charge on any atom is 0.319 e. The molecule has 0 aliphatic rings. The summed E-state index contributed by atoms with van der Waals surface area (Å²) in [6, 6.07) is 24.4. The van der Waals surface area contributed by atoms with Crippen molar-refractivity contribution in [1.29, 1.82) is 0 Å². The Kier molecular flexibility index (Phi) is 8.65. The molecule has 34 heavy (non-hydrogen) atoms. The maximum absolute atomic E-state index is 12.6. The monoisotopic (exact) mass is 460 g/mol. The molecule has 3 amide bonds. The minimum atomic E-state index is -0.289. The van der Waals surface area contributed by atoms with Crippen LogP contribution in [0, 0.1) is 0 Å². The van der Waals surface area contributed by atoms with E-state index < -0.39 is 0 Å². The van der Waals surface area contributed by atoms with Crippen LogP contribution in [0.4, 0.5) is 16.2 Å². The number of nitrogens with zero attached hydrogens (tertiary/aromatic N) is 2. The van der Waals surface area contributed by atoms with Crippen LogP contribution in [0.5, 0.6) is 5.75 Å². The molecule has 1 unspecified atom stereocenters. The molecule has 7 nitrogen and oxygen atoms in total. The summed E-state index contributed by atoms with van der Waals surface area (Å²) >= 11 is 0. The highest BCUT2D eigenvalue weighted by molar-refractivity contribution is 5.94. The van der Waals surface area contributed by atoms with Gasteiger partial charge in [0.25, 0.3) is 0 Å². The lowest BCUT2D eigenvalue weighted by Crippen LogP contribution is -2.36. The largest absolute Gasteiger partial charge is 0.497 e. The van der Waals surface area contributed by atoms with Crippen molar-refractivity contribution in [1.82, 2.24) is 10.2 Å². The van der Waals surface area contributed by atoms with E-state index in [1.165, 1.54) is 0 Å². The molecule has 0 spiro atoms. The van der Waals surface area contributed by atoms with Gasteiger partial charge >= 0.3 is 6.03 Å². The molecule has 0 aliphatic carbocycles. The van der Waals surface area contributed by atoms with Gasteiger partial charge in [0.15, 0.2) is 0 Å². The summed E-state index contributed by atoms with van der Waals surface area (Å²) in [7, 11) is 7.35. The number of para-hydroxylation sites is 1. The van der Waals surface area contributed by atoms with Crippen molar-refractivity contribution in [3.8, 4) is 5.75 Å². The van der Waals surface area contributed by atoms with Crippen LogP contribution in [0.1, 0.15) is 17.2 Å². The van der Waals surface area contributed by atoms with E-state index in [1.807, 2.05) is 85.7 Å². The standard InChI is InChI=1S/C27H32N4O3/c1-30(2)25(21-9-8-12-24(18-21)34-4)19-28-27(33)29-22-15-13-20(14-16-22)17-26(32)31(3)23-10-6-5-7-11-23/h5-16,18,25H,17,19H2,1-4H3,(H2,28,29,33). The van der Waals surface area contributed by atoms with Crippen LogP contribution < -0.4 is 20.3 Å². The Morgan fingerprint density at radius 3 is 2.26 bits per heavy atom. The van der Waals surface area contributed by atoms with Crippen LogP contribution in [0.25, 0.3) is 0 Å². The average molecular weight is 461 g/mol. The molecule has 0 bridgehead atoms. The lowest BCUT2D eigenvalue weighted by molar-refractivity contribution is -0.117. The van der Waals surface area contributed by atoms with Gasteiger partial charge in [-0.05, 0) is 61.6 Å². The van der Waals surface area contributed by atoms with Gasteiger partial charge in [0.05, 0.1) is 19.6 Å². The van der Waals surface area contributed by atoms with Crippen LogP contribution in [0.3, 0.4) is 0 Å². The van der Waals surface area contributed by atoms with Gasteiger partial charge < -0.3 is 25.2 Å². The third-order valence-electron chi connectivity index (χ3n) is 5.64. The summed E-state index contributed by atoms with van der Waals surface area (Å²) in [5.74, 6) is 0.777. The number of ether oxygens (including phenoxy) is 1. The van der Waals surface area contributed by atoms with Gasteiger partial charge in [-0.3, -0.25) is 4.79 Å². The van der Waals surface area contributed by atoms with Crippen LogP contribution in [0.2, 0.25) is 0 Å². The van der Waals surface area contributed by atoms with Gasteiger partial charge in [-0.15, -0.1) is 0 Å². The summed E-state index contributed by atoms with van der Waals surface area (Å²) in [5, 5.41) is 5.79. The second kappa shape index (κ2) is 11.9. The normalized spacial score (nSPS) is 11.6. The molecule has 2 N–H and O–H groups in total. The third-order valence-corrected chi connectivity index (χ3v) is 5.64. The Balaban J connectivity index is 1.53. The smallest absolute Gasteiger partial charge is 0.319 e. The molecular formula is C27H32N4O3. The molecule has 7 heteroatoms. The number of carbonyl (C=O) groups is 2. The summed E-state index contributed by atoms with van der Waals surface area (Å²) in [6.45, 7) is 0.435. The Labute approximate surface area is 201 Å². The number of hydrogen-bond donors (Lipinski definition) is 2. The summed E-state index contributed by atoms with van der Waals surface area (Å²) in [4.78, 5) is 28.7. The number of amides is 3. The highest BCUT2D eigenvalue weighted by Gasteiger charge is 2.16. The molecule has 3 aromatic carbocycles. The van der Waals surface area contributed by atoms with E-state index in [2.05, 4.69) is 10.6 Å². The van der Waals surface area contributed by atoms with Gasteiger partial charge in [0.2, 0.25) is 5.91 Å². The van der Waals surface area contributed by atoms with E-state index in [9.17, 15) is 9.59 Å². The fourth-order valence-corrected chi connectivity index (χ4v) is 3.61. The number of anilines is 2.